The second-order valence-electron chi connectivity index (χ2n) is 7.43. The van der Waals surface area contributed by atoms with Gasteiger partial charge in [0.05, 0.1) is 0 Å². The second kappa shape index (κ2) is 10.8. The van der Waals surface area contributed by atoms with Crippen molar-refractivity contribution in [3.05, 3.63) is 90.0 Å². The van der Waals surface area contributed by atoms with Gasteiger partial charge in [0.15, 0.2) is 5.52 Å². The predicted octanol–water partition coefficient (Wildman–Crippen LogP) is 2.07. The first-order valence-electron chi connectivity index (χ1n) is 10.5. The number of ether oxygens (including phenoxy) is 1. The van der Waals surface area contributed by atoms with E-state index in [1.165, 1.54) is 12.1 Å². The molecule has 2 amide bonds. The smallest absolute Gasteiger partial charge is 0.426 e. The van der Waals surface area contributed by atoms with Crippen molar-refractivity contribution in [2.75, 3.05) is 0 Å². The Kier molecular flexibility index (Phi) is 7.33. The van der Waals surface area contributed by atoms with Gasteiger partial charge in [-0.05, 0) is 40.0 Å². The van der Waals surface area contributed by atoms with E-state index in [4.69, 9.17) is 4.74 Å². The molecule has 1 aromatic heterocycles. The summed E-state index contributed by atoms with van der Waals surface area (Å²) >= 11 is 0. The van der Waals surface area contributed by atoms with Crippen LogP contribution in [0.3, 0.4) is 0 Å². The van der Waals surface area contributed by atoms with Crippen molar-refractivity contribution in [1.29, 1.82) is 0 Å². The monoisotopic (exact) mass is 495 g/mol. The summed E-state index contributed by atoms with van der Waals surface area (Å²) in [5, 5.41) is 7.29. The summed E-state index contributed by atoms with van der Waals surface area (Å²) in [6, 6.07) is 20.9. The molecule has 11 nitrogen and oxygen atoms in total. The molecule has 3 N–H and O–H groups in total. The molecule has 1 atom stereocenters. The number of fused-ring (bicyclic) bond motifs is 1. The lowest BCUT2D eigenvalue weighted by molar-refractivity contribution is -0.123. The van der Waals surface area contributed by atoms with Gasteiger partial charge in [-0.1, -0.05) is 66.7 Å². The van der Waals surface area contributed by atoms with Crippen molar-refractivity contribution < 1.29 is 27.4 Å². The largest absolute Gasteiger partial charge is 0.443 e. The maximum absolute atomic E-state index is 13.1. The molecule has 0 aliphatic carbocycles. The average Bonchev–Trinajstić information content (AvgIpc) is 3.36. The molecule has 0 spiro atoms. The van der Waals surface area contributed by atoms with E-state index in [0.29, 0.717) is 5.56 Å². The number of hydrogen-bond donors (Lipinski definition) is 3. The predicted molar refractivity (Wildman–Crippen MR) is 124 cm³/mol. The quantitative estimate of drug-likeness (QED) is 0.314. The fourth-order valence-corrected chi connectivity index (χ4v) is 4.59. The average molecular weight is 496 g/mol. The normalized spacial score (nSPS) is 12.1. The summed E-state index contributed by atoms with van der Waals surface area (Å²) in [5.41, 5.74) is 6.09. The van der Waals surface area contributed by atoms with Crippen LogP contribution in [-0.2, 0) is 32.6 Å². The van der Waals surface area contributed by atoms with Gasteiger partial charge in [0, 0.05) is 0 Å². The third kappa shape index (κ3) is 6.19. The molecule has 0 saturated carbocycles. The Morgan fingerprint density at radius 2 is 1.54 bits per heavy atom. The van der Waals surface area contributed by atoms with Crippen LogP contribution in [0.1, 0.15) is 11.1 Å². The van der Waals surface area contributed by atoms with E-state index in [-0.39, 0.29) is 29.0 Å². The Labute approximate surface area is 200 Å². The van der Waals surface area contributed by atoms with Gasteiger partial charge >= 0.3 is 6.09 Å². The fourth-order valence-electron chi connectivity index (χ4n) is 3.25. The van der Waals surface area contributed by atoms with E-state index in [1.54, 1.807) is 60.7 Å². The number of benzene rings is 3. The first kappa shape index (κ1) is 23.9. The van der Waals surface area contributed by atoms with Crippen LogP contribution < -0.4 is 15.6 Å². The summed E-state index contributed by atoms with van der Waals surface area (Å²) < 4.78 is 38.3. The van der Waals surface area contributed by atoms with Crippen molar-refractivity contribution in [2.45, 2.75) is 24.0 Å². The molecule has 12 heteroatoms. The summed E-state index contributed by atoms with van der Waals surface area (Å²) in [6.07, 6.45) is -0.887. The van der Waals surface area contributed by atoms with Gasteiger partial charge in [0.1, 0.15) is 23.1 Å². The van der Waals surface area contributed by atoms with Gasteiger partial charge in [-0.15, -0.1) is 0 Å². The number of nitrogens with zero attached hydrogens (tertiary/aromatic N) is 2. The molecule has 0 aliphatic rings. The molecule has 4 rings (SSSR count). The zero-order valence-corrected chi connectivity index (χ0v) is 19.1. The Bertz CT molecular complexity index is 1410. The van der Waals surface area contributed by atoms with Crippen LogP contribution in [-0.4, -0.2) is 36.8 Å². The summed E-state index contributed by atoms with van der Waals surface area (Å²) in [5.74, 6) is -0.792. The molecule has 4 aromatic rings. The van der Waals surface area contributed by atoms with Crippen molar-refractivity contribution in [3.63, 3.8) is 0 Å². The van der Waals surface area contributed by atoms with E-state index in [2.05, 4.69) is 30.5 Å². The lowest BCUT2D eigenvalue weighted by atomic mass is 10.1. The van der Waals surface area contributed by atoms with E-state index < -0.39 is 28.1 Å². The summed E-state index contributed by atoms with van der Waals surface area (Å²) in [4.78, 5) is 24.7. The molecule has 3 aromatic carbocycles. The number of carbonyl (C=O) groups excluding carboxylic acids is 2. The summed E-state index contributed by atoms with van der Waals surface area (Å²) in [7, 11) is -4.22. The maximum Gasteiger partial charge on any atom is 0.426 e. The number of hydrazine groups is 1. The number of carbonyl (C=O) groups is 2. The van der Waals surface area contributed by atoms with E-state index in [9.17, 15) is 18.0 Å². The molecular formula is C23H21N5O6S. The zero-order valence-electron chi connectivity index (χ0n) is 18.2. The highest BCUT2D eigenvalue weighted by Gasteiger charge is 2.28. The Balaban J connectivity index is 1.46. The molecule has 1 unspecified atom stereocenters. The number of amides is 2. The Morgan fingerprint density at radius 1 is 0.857 bits per heavy atom. The van der Waals surface area contributed by atoms with Gasteiger partial charge in [-0.25, -0.2) is 23.3 Å². The summed E-state index contributed by atoms with van der Waals surface area (Å²) in [6.45, 7) is -0.00163. The minimum Gasteiger partial charge on any atom is -0.443 e. The fraction of sp³-hybridized carbons (Fsp3) is 0.130. The highest BCUT2D eigenvalue weighted by atomic mass is 32.2. The SMILES string of the molecule is O=C(NNC(=O)C(Cc1ccccc1)NS(=O)(=O)c1cccc2nonc12)OCc1ccccc1. The van der Waals surface area contributed by atoms with Crippen LogP contribution in [0.4, 0.5) is 4.79 Å². The van der Waals surface area contributed by atoms with Crippen LogP contribution >= 0.6 is 0 Å². The molecule has 35 heavy (non-hydrogen) atoms. The Hall–Kier alpha value is -4.29. The highest BCUT2D eigenvalue weighted by molar-refractivity contribution is 7.89. The number of hydrogen-bond acceptors (Lipinski definition) is 8. The molecule has 0 bridgehead atoms. The minimum atomic E-state index is -4.22. The van der Waals surface area contributed by atoms with Crippen LogP contribution in [0.5, 0.6) is 0 Å². The van der Waals surface area contributed by atoms with Crippen molar-refractivity contribution in [2.24, 2.45) is 0 Å². The first-order valence-corrected chi connectivity index (χ1v) is 11.9. The molecule has 0 radical (unpaired) electrons. The number of nitrogens with one attached hydrogen (secondary N) is 3. The topological polar surface area (TPSA) is 153 Å². The van der Waals surface area contributed by atoms with Crippen molar-refractivity contribution in [3.8, 4) is 0 Å². The number of sulfonamides is 1. The Morgan fingerprint density at radius 3 is 2.26 bits per heavy atom. The molecule has 0 fully saturated rings. The number of aromatic nitrogens is 2. The second-order valence-corrected chi connectivity index (χ2v) is 9.11. The lowest BCUT2D eigenvalue weighted by Crippen LogP contribution is -2.53. The van der Waals surface area contributed by atoms with Gasteiger partial charge in [0.2, 0.25) is 10.0 Å². The van der Waals surface area contributed by atoms with Gasteiger partial charge in [-0.3, -0.25) is 10.2 Å². The van der Waals surface area contributed by atoms with Crippen LogP contribution in [0.2, 0.25) is 0 Å². The maximum atomic E-state index is 13.1. The molecule has 1 heterocycles. The third-order valence-electron chi connectivity index (χ3n) is 4.94. The zero-order chi connectivity index (χ0) is 24.7. The van der Waals surface area contributed by atoms with Crippen LogP contribution in [0.15, 0.2) is 88.4 Å². The molecule has 0 aliphatic heterocycles. The first-order chi connectivity index (χ1) is 16.9. The highest BCUT2D eigenvalue weighted by Crippen LogP contribution is 2.20. The van der Waals surface area contributed by atoms with Gasteiger partial charge in [-0.2, -0.15) is 4.72 Å². The van der Waals surface area contributed by atoms with Crippen LogP contribution in [0, 0.1) is 0 Å². The standard InChI is InChI=1S/C23H21N5O6S/c29-22(24-25-23(30)33-15-17-10-5-2-6-11-17)19(14-16-8-3-1-4-9-16)28-35(31,32)20-13-7-12-18-21(20)27-34-26-18/h1-13,19,28H,14-15H2,(H,24,29)(H,25,30). The van der Waals surface area contributed by atoms with Crippen molar-refractivity contribution in [1.82, 2.24) is 25.9 Å². The van der Waals surface area contributed by atoms with E-state index >= 15 is 0 Å². The van der Waals surface area contributed by atoms with Gasteiger partial charge in [0.25, 0.3) is 5.91 Å². The lowest BCUT2D eigenvalue weighted by Gasteiger charge is -2.19. The number of rotatable bonds is 8. The van der Waals surface area contributed by atoms with E-state index in [1.807, 2.05) is 6.07 Å². The molecule has 180 valence electrons. The van der Waals surface area contributed by atoms with Crippen molar-refractivity contribution >= 4 is 33.1 Å². The van der Waals surface area contributed by atoms with Gasteiger partial charge < -0.3 is 4.74 Å². The van der Waals surface area contributed by atoms with Crippen LogP contribution in [0.25, 0.3) is 11.0 Å². The van der Waals surface area contributed by atoms with E-state index in [0.717, 1.165) is 5.56 Å². The molecule has 0 saturated heterocycles. The third-order valence-corrected chi connectivity index (χ3v) is 6.44. The minimum absolute atomic E-state index is 0.00163. The molecular weight excluding hydrogens is 474 g/mol.